The molecule has 1 N–H and O–H groups in total. The van der Waals surface area contributed by atoms with Gasteiger partial charge in [-0.15, -0.1) is 0 Å². The van der Waals surface area contributed by atoms with E-state index in [-0.39, 0.29) is 23.5 Å². The molecule has 0 saturated carbocycles. The number of nitrogens with one attached hydrogen (secondary N) is 1. The van der Waals surface area contributed by atoms with E-state index in [0.717, 1.165) is 31.5 Å². The second-order valence-electron chi connectivity index (χ2n) is 6.17. The molecule has 2 heterocycles. The molecule has 0 spiro atoms. The lowest BCUT2D eigenvalue weighted by Gasteiger charge is -2.15. The van der Waals surface area contributed by atoms with Gasteiger partial charge in [-0.3, -0.25) is 9.59 Å². The molecule has 1 aliphatic rings. The Morgan fingerprint density at radius 3 is 2.56 bits per heavy atom. The lowest BCUT2D eigenvalue weighted by Crippen LogP contribution is -2.38. The van der Waals surface area contributed by atoms with Gasteiger partial charge < -0.3 is 10.2 Å². The zero-order chi connectivity index (χ0) is 17.8. The topological polar surface area (TPSA) is 67.2 Å². The van der Waals surface area contributed by atoms with Crippen molar-refractivity contribution in [3.05, 3.63) is 52.3 Å². The van der Waals surface area contributed by atoms with E-state index in [2.05, 4.69) is 10.4 Å². The maximum atomic E-state index is 12.5. The molecule has 0 radical (unpaired) electrons. The number of halogens is 1. The maximum absolute atomic E-state index is 12.5. The summed E-state index contributed by atoms with van der Waals surface area (Å²) in [5, 5.41) is 7.31. The van der Waals surface area contributed by atoms with Gasteiger partial charge in [0, 0.05) is 13.1 Å². The van der Waals surface area contributed by atoms with Crippen LogP contribution < -0.4 is 5.32 Å². The van der Waals surface area contributed by atoms with E-state index >= 15 is 0 Å². The molecule has 0 atom stereocenters. The normalized spacial score (nSPS) is 13.9. The van der Waals surface area contributed by atoms with E-state index in [0.29, 0.717) is 17.8 Å². The molecule has 132 valence electrons. The maximum Gasteiger partial charge on any atom is 0.256 e. The van der Waals surface area contributed by atoms with Crippen molar-refractivity contribution < 1.29 is 9.59 Å². The standard InChI is InChI=1S/C18H21ClN4O2/c1-13-16(18(25)20-11-15(24)22-9-5-6-10-22)17(19)23(21-13)12-14-7-3-2-4-8-14/h2-4,7-8H,5-6,9-12H2,1H3,(H,20,25). The van der Waals surface area contributed by atoms with Crippen LogP contribution >= 0.6 is 11.6 Å². The Labute approximate surface area is 151 Å². The number of hydrogen-bond donors (Lipinski definition) is 1. The number of aromatic nitrogens is 2. The zero-order valence-electron chi connectivity index (χ0n) is 14.2. The minimum Gasteiger partial charge on any atom is -0.343 e. The van der Waals surface area contributed by atoms with Crippen LogP contribution in [0.5, 0.6) is 0 Å². The molecule has 0 bridgehead atoms. The molecule has 0 aliphatic carbocycles. The van der Waals surface area contributed by atoms with Crippen molar-refractivity contribution in [3.8, 4) is 0 Å². The van der Waals surface area contributed by atoms with E-state index in [9.17, 15) is 9.59 Å². The average molecular weight is 361 g/mol. The summed E-state index contributed by atoms with van der Waals surface area (Å²) in [5.74, 6) is -0.425. The largest absolute Gasteiger partial charge is 0.343 e. The summed E-state index contributed by atoms with van der Waals surface area (Å²) in [7, 11) is 0. The predicted octanol–water partition coefficient (Wildman–Crippen LogP) is 2.25. The molecular weight excluding hydrogens is 340 g/mol. The molecule has 1 saturated heterocycles. The van der Waals surface area contributed by atoms with Gasteiger partial charge in [0.25, 0.3) is 5.91 Å². The summed E-state index contributed by atoms with van der Waals surface area (Å²) >= 11 is 6.36. The van der Waals surface area contributed by atoms with Crippen LogP contribution in [-0.2, 0) is 11.3 Å². The summed E-state index contributed by atoms with van der Waals surface area (Å²) < 4.78 is 1.60. The van der Waals surface area contributed by atoms with Crippen molar-refractivity contribution in [2.45, 2.75) is 26.3 Å². The van der Waals surface area contributed by atoms with E-state index in [1.165, 1.54) is 0 Å². The first-order valence-electron chi connectivity index (χ1n) is 8.39. The van der Waals surface area contributed by atoms with Gasteiger partial charge in [0.2, 0.25) is 5.91 Å². The van der Waals surface area contributed by atoms with Crippen LogP contribution in [0, 0.1) is 6.92 Å². The number of rotatable bonds is 5. The molecule has 1 aromatic carbocycles. The minimum absolute atomic E-state index is 0.0154. The van der Waals surface area contributed by atoms with Gasteiger partial charge in [-0.2, -0.15) is 5.10 Å². The predicted molar refractivity (Wildman–Crippen MR) is 95.7 cm³/mol. The molecule has 0 unspecified atom stereocenters. The summed E-state index contributed by atoms with van der Waals surface area (Å²) in [6.07, 6.45) is 2.05. The van der Waals surface area contributed by atoms with Gasteiger partial charge in [0.15, 0.2) is 0 Å². The third-order valence-corrected chi connectivity index (χ3v) is 4.71. The first kappa shape index (κ1) is 17.5. The summed E-state index contributed by atoms with van der Waals surface area (Å²) in [5.41, 5.74) is 1.92. The quantitative estimate of drug-likeness (QED) is 0.889. The molecule has 3 rings (SSSR count). The molecule has 1 fully saturated rings. The number of likely N-dealkylation sites (tertiary alicyclic amines) is 1. The monoisotopic (exact) mass is 360 g/mol. The van der Waals surface area contributed by atoms with Crippen molar-refractivity contribution in [1.82, 2.24) is 20.0 Å². The SMILES string of the molecule is Cc1nn(Cc2ccccc2)c(Cl)c1C(=O)NCC(=O)N1CCCC1. The van der Waals surface area contributed by atoms with Crippen LogP contribution in [0.2, 0.25) is 5.15 Å². The molecule has 2 aromatic rings. The van der Waals surface area contributed by atoms with E-state index in [1.54, 1.807) is 16.5 Å². The first-order chi connectivity index (χ1) is 12.1. The van der Waals surface area contributed by atoms with Gasteiger partial charge >= 0.3 is 0 Å². The van der Waals surface area contributed by atoms with Gasteiger partial charge in [0.1, 0.15) is 5.15 Å². The fourth-order valence-electron chi connectivity index (χ4n) is 3.00. The van der Waals surface area contributed by atoms with E-state index < -0.39 is 0 Å². The number of hydrogen-bond acceptors (Lipinski definition) is 3. The fraction of sp³-hybridized carbons (Fsp3) is 0.389. The third-order valence-electron chi connectivity index (χ3n) is 4.33. The lowest BCUT2D eigenvalue weighted by atomic mass is 10.2. The van der Waals surface area contributed by atoms with Crippen LogP contribution in [0.25, 0.3) is 0 Å². The van der Waals surface area contributed by atoms with Crippen LogP contribution in [0.4, 0.5) is 0 Å². The number of nitrogens with zero attached hydrogens (tertiary/aromatic N) is 3. The average Bonchev–Trinajstić information content (AvgIpc) is 3.23. The minimum atomic E-state index is -0.366. The summed E-state index contributed by atoms with van der Waals surface area (Å²) in [4.78, 5) is 26.3. The Balaban J connectivity index is 1.67. The van der Waals surface area contributed by atoms with Crippen LogP contribution in [0.1, 0.15) is 34.5 Å². The van der Waals surface area contributed by atoms with Gasteiger partial charge in [-0.25, -0.2) is 4.68 Å². The number of carbonyl (C=O) groups is 2. The lowest BCUT2D eigenvalue weighted by molar-refractivity contribution is -0.129. The van der Waals surface area contributed by atoms with Crippen molar-refractivity contribution in [2.75, 3.05) is 19.6 Å². The van der Waals surface area contributed by atoms with Gasteiger partial charge in [0.05, 0.1) is 24.3 Å². The second kappa shape index (κ2) is 7.70. The summed E-state index contributed by atoms with van der Waals surface area (Å²) in [6.45, 7) is 3.75. The van der Waals surface area contributed by atoms with E-state index in [1.807, 2.05) is 30.3 Å². The van der Waals surface area contributed by atoms with Crippen LogP contribution in [0.15, 0.2) is 30.3 Å². The molecule has 25 heavy (non-hydrogen) atoms. The molecule has 2 amide bonds. The number of carbonyl (C=O) groups excluding carboxylic acids is 2. The van der Waals surface area contributed by atoms with E-state index in [4.69, 9.17) is 11.6 Å². The molecular formula is C18H21ClN4O2. The van der Waals surface area contributed by atoms with Crippen molar-refractivity contribution in [3.63, 3.8) is 0 Å². The fourth-order valence-corrected chi connectivity index (χ4v) is 3.32. The Morgan fingerprint density at radius 1 is 1.20 bits per heavy atom. The van der Waals surface area contributed by atoms with Crippen molar-refractivity contribution in [1.29, 1.82) is 0 Å². The highest BCUT2D eigenvalue weighted by Gasteiger charge is 2.23. The Kier molecular flexibility index (Phi) is 5.38. The number of benzene rings is 1. The highest BCUT2D eigenvalue weighted by atomic mass is 35.5. The number of aryl methyl sites for hydroxylation is 1. The molecule has 6 nitrogen and oxygen atoms in total. The molecule has 1 aromatic heterocycles. The Hall–Kier alpha value is -2.34. The second-order valence-corrected chi connectivity index (χ2v) is 6.52. The summed E-state index contributed by atoms with van der Waals surface area (Å²) in [6, 6.07) is 9.77. The van der Waals surface area contributed by atoms with Crippen molar-refractivity contribution in [2.24, 2.45) is 0 Å². The first-order valence-corrected chi connectivity index (χ1v) is 8.77. The number of amides is 2. The zero-order valence-corrected chi connectivity index (χ0v) is 14.9. The van der Waals surface area contributed by atoms with Crippen LogP contribution in [0.3, 0.4) is 0 Å². The van der Waals surface area contributed by atoms with Crippen LogP contribution in [-0.4, -0.2) is 46.1 Å². The molecule has 1 aliphatic heterocycles. The highest BCUT2D eigenvalue weighted by Crippen LogP contribution is 2.21. The van der Waals surface area contributed by atoms with Crippen molar-refractivity contribution >= 4 is 23.4 Å². The highest BCUT2D eigenvalue weighted by molar-refractivity contribution is 6.33. The Bertz CT molecular complexity index is 767. The van der Waals surface area contributed by atoms with Gasteiger partial charge in [-0.1, -0.05) is 41.9 Å². The third kappa shape index (κ3) is 4.02. The molecule has 7 heteroatoms. The van der Waals surface area contributed by atoms with Gasteiger partial charge in [-0.05, 0) is 25.3 Å². The Morgan fingerprint density at radius 2 is 1.88 bits per heavy atom. The smallest absolute Gasteiger partial charge is 0.256 e.